The van der Waals surface area contributed by atoms with Crippen LogP contribution in [0, 0.1) is 0 Å². The van der Waals surface area contributed by atoms with E-state index in [0.29, 0.717) is 44.1 Å². The maximum absolute atomic E-state index is 12.7. The first-order chi connectivity index (χ1) is 15.9. The first-order valence-corrected chi connectivity index (χ1v) is 12.0. The SMILES string of the molecule is O=C(CCc1ccc(S(=O)(=O)N2CCOCC2)cc1)Nc1cccc(-c2ccc(=O)[nH]n2)c1. The number of ether oxygens (including phenoxy) is 1. The number of hydrogen-bond acceptors (Lipinski definition) is 6. The van der Waals surface area contributed by atoms with Crippen molar-refractivity contribution in [2.45, 2.75) is 17.7 Å². The zero-order chi connectivity index (χ0) is 23.3. The second-order valence-electron chi connectivity index (χ2n) is 7.60. The molecule has 1 saturated heterocycles. The van der Waals surface area contributed by atoms with E-state index in [1.807, 2.05) is 6.07 Å². The standard InChI is InChI=1S/C23H24N4O5S/c28-22(24-19-3-1-2-18(16-19)21-9-11-23(29)26-25-21)10-6-17-4-7-20(8-5-17)33(30,31)27-12-14-32-15-13-27/h1-5,7-9,11,16H,6,10,12-15H2,(H,24,28)(H,26,29). The van der Waals surface area contributed by atoms with Crippen molar-refractivity contribution in [3.8, 4) is 11.3 Å². The molecular formula is C23H24N4O5S. The molecule has 0 spiro atoms. The quantitative estimate of drug-likeness (QED) is 0.547. The molecule has 9 nitrogen and oxygen atoms in total. The third-order valence-corrected chi connectivity index (χ3v) is 7.21. The number of aryl methyl sites for hydroxylation is 1. The minimum atomic E-state index is -3.53. The van der Waals surface area contributed by atoms with E-state index in [2.05, 4.69) is 15.5 Å². The highest BCUT2D eigenvalue weighted by Gasteiger charge is 2.26. The summed E-state index contributed by atoms with van der Waals surface area (Å²) in [5, 5.41) is 9.25. The Bertz CT molecular complexity index is 1260. The molecule has 33 heavy (non-hydrogen) atoms. The third kappa shape index (κ3) is 5.72. The van der Waals surface area contributed by atoms with Crippen molar-refractivity contribution in [3.05, 3.63) is 76.6 Å². The normalized spacial score (nSPS) is 14.7. The number of nitrogens with one attached hydrogen (secondary N) is 2. The lowest BCUT2D eigenvalue weighted by atomic mass is 10.1. The molecule has 0 unspecified atom stereocenters. The van der Waals surface area contributed by atoms with Crippen LogP contribution < -0.4 is 10.9 Å². The van der Waals surface area contributed by atoms with Crippen molar-refractivity contribution in [1.82, 2.24) is 14.5 Å². The van der Waals surface area contributed by atoms with Crippen LogP contribution in [0.3, 0.4) is 0 Å². The van der Waals surface area contributed by atoms with Gasteiger partial charge in [0.15, 0.2) is 0 Å². The van der Waals surface area contributed by atoms with E-state index in [9.17, 15) is 18.0 Å². The van der Waals surface area contributed by atoms with Crippen LogP contribution in [-0.2, 0) is 26.0 Å². The molecule has 1 fully saturated rings. The number of H-pyrrole nitrogens is 1. The number of rotatable bonds is 7. The summed E-state index contributed by atoms with van der Waals surface area (Å²) in [4.78, 5) is 23.8. The highest BCUT2D eigenvalue weighted by atomic mass is 32.2. The Morgan fingerprint density at radius 2 is 1.82 bits per heavy atom. The van der Waals surface area contributed by atoms with E-state index in [-0.39, 0.29) is 22.8 Å². The fraction of sp³-hybridized carbons (Fsp3) is 0.261. The van der Waals surface area contributed by atoms with Crippen molar-refractivity contribution in [2.75, 3.05) is 31.6 Å². The number of aromatic amines is 1. The molecule has 1 aliphatic rings. The molecule has 3 aromatic rings. The number of aromatic nitrogens is 2. The van der Waals surface area contributed by atoms with Crippen molar-refractivity contribution < 1.29 is 17.9 Å². The van der Waals surface area contributed by atoms with Gasteiger partial charge >= 0.3 is 0 Å². The number of carbonyl (C=O) groups excluding carboxylic acids is 1. The monoisotopic (exact) mass is 468 g/mol. The van der Waals surface area contributed by atoms with Crippen LogP contribution >= 0.6 is 0 Å². The number of carbonyl (C=O) groups is 1. The lowest BCUT2D eigenvalue weighted by molar-refractivity contribution is -0.116. The topological polar surface area (TPSA) is 121 Å². The van der Waals surface area contributed by atoms with E-state index in [0.717, 1.165) is 11.1 Å². The summed E-state index contributed by atoms with van der Waals surface area (Å²) >= 11 is 0. The first-order valence-electron chi connectivity index (χ1n) is 10.5. The van der Waals surface area contributed by atoms with Crippen molar-refractivity contribution in [2.24, 2.45) is 0 Å². The fourth-order valence-corrected chi connectivity index (χ4v) is 4.91. The van der Waals surface area contributed by atoms with Gasteiger partial charge in [-0.3, -0.25) is 9.59 Å². The van der Waals surface area contributed by atoms with Crippen molar-refractivity contribution >= 4 is 21.6 Å². The zero-order valence-electron chi connectivity index (χ0n) is 17.9. The van der Waals surface area contributed by atoms with Gasteiger partial charge in [0.2, 0.25) is 15.9 Å². The van der Waals surface area contributed by atoms with Gasteiger partial charge in [-0.25, -0.2) is 13.5 Å². The molecule has 0 atom stereocenters. The number of anilines is 1. The molecule has 10 heteroatoms. The van der Waals surface area contributed by atoms with Crippen LogP contribution in [0.2, 0.25) is 0 Å². The number of amides is 1. The largest absolute Gasteiger partial charge is 0.379 e. The molecular weight excluding hydrogens is 444 g/mol. The van der Waals surface area contributed by atoms with E-state index in [4.69, 9.17) is 4.74 Å². The van der Waals surface area contributed by atoms with Crippen molar-refractivity contribution in [3.63, 3.8) is 0 Å². The van der Waals surface area contributed by atoms with Crippen LogP contribution in [0.25, 0.3) is 11.3 Å². The van der Waals surface area contributed by atoms with Gasteiger partial charge in [-0.05, 0) is 42.3 Å². The minimum Gasteiger partial charge on any atom is -0.379 e. The predicted molar refractivity (Wildman–Crippen MR) is 123 cm³/mol. The van der Waals surface area contributed by atoms with E-state index >= 15 is 0 Å². The summed E-state index contributed by atoms with van der Waals surface area (Å²) in [5.41, 5.74) is 2.57. The maximum atomic E-state index is 12.7. The molecule has 4 rings (SSSR count). The van der Waals surface area contributed by atoms with Crippen LogP contribution in [0.5, 0.6) is 0 Å². The fourth-order valence-electron chi connectivity index (χ4n) is 3.51. The minimum absolute atomic E-state index is 0.161. The molecule has 2 heterocycles. The summed E-state index contributed by atoms with van der Waals surface area (Å²) in [5.74, 6) is -0.161. The smallest absolute Gasteiger partial charge is 0.264 e. The van der Waals surface area contributed by atoms with Gasteiger partial charge in [0.05, 0.1) is 23.8 Å². The highest BCUT2D eigenvalue weighted by molar-refractivity contribution is 7.89. The summed E-state index contributed by atoms with van der Waals surface area (Å²) in [7, 11) is -3.53. The van der Waals surface area contributed by atoms with Crippen LogP contribution in [-0.4, -0.2) is 55.1 Å². The van der Waals surface area contributed by atoms with Gasteiger partial charge in [0.1, 0.15) is 0 Å². The van der Waals surface area contributed by atoms with Gasteiger partial charge in [0.25, 0.3) is 5.56 Å². The molecule has 0 radical (unpaired) electrons. The average Bonchev–Trinajstić information content (AvgIpc) is 2.84. The molecule has 172 valence electrons. The van der Waals surface area contributed by atoms with Crippen LogP contribution in [0.15, 0.2) is 70.4 Å². The Balaban J connectivity index is 1.34. The summed E-state index contributed by atoms with van der Waals surface area (Å²) in [6.07, 6.45) is 0.724. The van der Waals surface area contributed by atoms with Crippen LogP contribution in [0.1, 0.15) is 12.0 Å². The Kier molecular flexibility index (Phi) is 6.97. The van der Waals surface area contributed by atoms with E-state index < -0.39 is 10.0 Å². The third-order valence-electron chi connectivity index (χ3n) is 5.29. The second-order valence-corrected chi connectivity index (χ2v) is 9.53. The second kappa shape index (κ2) is 10.1. The highest BCUT2D eigenvalue weighted by Crippen LogP contribution is 2.21. The van der Waals surface area contributed by atoms with Gasteiger partial charge in [-0.15, -0.1) is 0 Å². The molecule has 1 aliphatic heterocycles. The number of benzene rings is 2. The molecule has 0 bridgehead atoms. The number of morpholine rings is 1. The zero-order valence-corrected chi connectivity index (χ0v) is 18.7. The number of nitrogens with zero attached hydrogens (tertiary/aromatic N) is 2. The van der Waals surface area contributed by atoms with E-state index in [1.165, 1.54) is 10.4 Å². The molecule has 1 amide bonds. The number of hydrogen-bond donors (Lipinski definition) is 2. The lowest BCUT2D eigenvalue weighted by Crippen LogP contribution is -2.40. The lowest BCUT2D eigenvalue weighted by Gasteiger charge is -2.26. The van der Waals surface area contributed by atoms with Gasteiger partial charge in [-0.1, -0.05) is 24.3 Å². The summed E-state index contributed by atoms with van der Waals surface area (Å²) < 4.78 is 32.0. The summed E-state index contributed by atoms with van der Waals surface area (Å²) in [6.45, 7) is 1.50. The maximum Gasteiger partial charge on any atom is 0.264 e. The van der Waals surface area contributed by atoms with Gasteiger partial charge in [0, 0.05) is 36.8 Å². The Morgan fingerprint density at radius 3 is 2.52 bits per heavy atom. The van der Waals surface area contributed by atoms with Crippen LogP contribution in [0.4, 0.5) is 5.69 Å². The predicted octanol–water partition coefficient (Wildman–Crippen LogP) is 2.03. The van der Waals surface area contributed by atoms with Gasteiger partial charge < -0.3 is 10.1 Å². The Hall–Kier alpha value is -3.34. The van der Waals surface area contributed by atoms with E-state index in [1.54, 1.807) is 48.5 Å². The molecule has 2 N–H and O–H groups in total. The molecule has 0 saturated carbocycles. The molecule has 0 aliphatic carbocycles. The number of sulfonamides is 1. The first kappa shape index (κ1) is 22.8. The van der Waals surface area contributed by atoms with Gasteiger partial charge in [-0.2, -0.15) is 9.40 Å². The summed E-state index contributed by atoms with van der Waals surface area (Å²) in [6, 6.07) is 16.8. The Labute approximate surface area is 191 Å². The molecule has 1 aromatic heterocycles. The molecule has 2 aromatic carbocycles. The Morgan fingerprint density at radius 1 is 1.06 bits per heavy atom. The average molecular weight is 469 g/mol. The van der Waals surface area contributed by atoms with Crippen molar-refractivity contribution in [1.29, 1.82) is 0 Å².